The number of Topliss-reactive ketones (excluding diaryl/α,β-unsaturated/α-hetero) is 1. The van der Waals surface area contributed by atoms with Crippen molar-refractivity contribution in [1.82, 2.24) is 0 Å². The molecule has 222 valence electrons. The van der Waals surface area contributed by atoms with Crippen molar-refractivity contribution in [3.05, 3.63) is 173 Å². The Kier molecular flexibility index (Phi) is 6.06. The first-order chi connectivity index (χ1) is 22.4. The van der Waals surface area contributed by atoms with Gasteiger partial charge < -0.3 is 5.11 Å². The van der Waals surface area contributed by atoms with Crippen LogP contribution in [0.15, 0.2) is 146 Å². The van der Waals surface area contributed by atoms with Crippen molar-refractivity contribution in [2.24, 2.45) is 11.8 Å². The second kappa shape index (κ2) is 10.1. The summed E-state index contributed by atoms with van der Waals surface area (Å²) in [6.07, 6.45) is 0. The molecule has 6 nitrogen and oxygen atoms in total. The van der Waals surface area contributed by atoms with Gasteiger partial charge in [-0.05, 0) is 51.6 Å². The second-order valence-corrected chi connectivity index (χ2v) is 12.0. The van der Waals surface area contributed by atoms with E-state index in [2.05, 4.69) is 0 Å². The monoisotopic (exact) mass is 601 g/mol. The maximum atomic E-state index is 15.8. The number of carbonyl (C=O) groups excluding carboxylic acids is 3. The number of aromatic carboxylic acids is 1. The van der Waals surface area contributed by atoms with Gasteiger partial charge in [0.1, 0.15) is 0 Å². The van der Waals surface area contributed by atoms with E-state index in [4.69, 9.17) is 0 Å². The quantitative estimate of drug-likeness (QED) is 0.222. The lowest BCUT2D eigenvalue weighted by atomic mass is 9.59. The predicted octanol–water partition coefficient (Wildman–Crippen LogP) is 6.57. The van der Waals surface area contributed by atoms with Gasteiger partial charge in [0.25, 0.3) is 0 Å². The van der Waals surface area contributed by atoms with Gasteiger partial charge in [-0.3, -0.25) is 14.4 Å². The topological polar surface area (TPSA) is 91.8 Å². The number of rotatable bonds is 6. The molecular formula is C40H27NO5. The van der Waals surface area contributed by atoms with E-state index < -0.39 is 40.4 Å². The molecule has 1 aliphatic heterocycles. The van der Waals surface area contributed by atoms with Crippen molar-refractivity contribution in [3.8, 4) is 0 Å². The number of imide groups is 1. The molecule has 1 saturated heterocycles. The van der Waals surface area contributed by atoms with Crippen molar-refractivity contribution in [2.45, 2.75) is 10.8 Å². The number of anilines is 1. The Morgan fingerprint density at radius 1 is 0.543 bits per heavy atom. The van der Waals surface area contributed by atoms with E-state index in [1.165, 1.54) is 18.2 Å². The van der Waals surface area contributed by atoms with E-state index in [9.17, 15) is 19.5 Å². The SMILES string of the molecule is O=C(O)c1cccc(N2C(=O)[C@@H]3[C@H](C2=O)[C@]2(c4ccccc4)C(=O)[C@@]3(c3ccccc3)C(c3ccccc3)=C2c2ccccc2)c1. The molecular weight excluding hydrogens is 574 g/mol. The van der Waals surface area contributed by atoms with Crippen LogP contribution in [0.2, 0.25) is 0 Å². The molecule has 8 rings (SSSR count). The molecule has 0 radical (unpaired) electrons. The molecule has 2 bridgehead atoms. The van der Waals surface area contributed by atoms with Crippen LogP contribution < -0.4 is 4.90 Å². The minimum absolute atomic E-state index is 0.0437. The van der Waals surface area contributed by atoms with E-state index in [1.54, 1.807) is 6.07 Å². The average Bonchev–Trinajstić information content (AvgIpc) is 3.62. The number of allylic oxidation sites excluding steroid dienone is 2. The summed E-state index contributed by atoms with van der Waals surface area (Å²) in [4.78, 5) is 58.8. The van der Waals surface area contributed by atoms with Gasteiger partial charge in [-0.1, -0.05) is 127 Å². The zero-order chi connectivity index (χ0) is 31.6. The number of carboxylic acid groups (broad SMARTS) is 1. The standard InChI is InChI=1S/C40H27NO5/c42-35-33-34(36(43)41(35)30-23-13-18-27(24-30)37(44)45)40(29-21-11-4-12-22-29)32(26-16-7-2-8-17-26)31(25-14-5-1-6-15-25)39(33,38(40)46)28-19-9-3-10-20-28/h1-24,33-34H,(H,44,45)/t33-,34+,39-,40+. The van der Waals surface area contributed by atoms with Gasteiger partial charge in [-0.2, -0.15) is 0 Å². The van der Waals surface area contributed by atoms with Crippen LogP contribution in [0.4, 0.5) is 5.69 Å². The highest BCUT2D eigenvalue weighted by Gasteiger charge is 2.82. The van der Waals surface area contributed by atoms with E-state index in [-0.39, 0.29) is 17.0 Å². The number of amides is 2. The fraction of sp³-hybridized carbons (Fsp3) is 0.100. The maximum Gasteiger partial charge on any atom is 0.335 e. The Morgan fingerprint density at radius 3 is 1.37 bits per heavy atom. The highest BCUT2D eigenvalue weighted by atomic mass is 16.4. The van der Waals surface area contributed by atoms with E-state index >= 15 is 4.79 Å². The van der Waals surface area contributed by atoms with Gasteiger partial charge in [0.2, 0.25) is 11.8 Å². The summed E-state index contributed by atoms with van der Waals surface area (Å²) in [6.45, 7) is 0. The summed E-state index contributed by atoms with van der Waals surface area (Å²) in [5.41, 5.74) is 1.39. The third-order valence-electron chi connectivity index (χ3n) is 9.93. The summed E-state index contributed by atoms with van der Waals surface area (Å²) in [6, 6.07) is 43.8. The number of hydrogen-bond donors (Lipinski definition) is 1. The first-order valence-corrected chi connectivity index (χ1v) is 15.2. The Morgan fingerprint density at radius 2 is 0.957 bits per heavy atom. The van der Waals surface area contributed by atoms with Gasteiger partial charge in [-0.15, -0.1) is 0 Å². The van der Waals surface area contributed by atoms with E-state index in [1.807, 2.05) is 121 Å². The molecule has 1 heterocycles. The molecule has 2 amide bonds. The molecule has 5 aromatic rings. The lowest BCUT2D eigenvalue weighted by molar-refractivity contribution is -0.130. The minimum atomic E-state index is -1.51. The van der Waals surface area contributed by atoms with Gasteiger partial charge in [0.05, 0.1) is 33.9 Å². The van der Waals surface area contributed by atoms with Crippen LogP contribution in [0.5, 0.6) is 0 Å². The number of ketones is 1. The summed E-state index contributed by atoms with van der Waals surface area (Å²) in [5.74, 6) is -4.57. The number of nitrogens with zero attached hydrogens (tertiary/aromatic N) is 1. The lowest BCUT2D eigenvalue weighted by Crippen LogP contribution is -2.45. The van der Waals surface area contributed by atoms with Crippen LogP contribution in [0.3, 0.4) is 0 Å². The molecule has 2 aliphatic carbocycles. The van der Waals surface area contributed by atoms with Gasteiger partial charge >= 0.3 is 5.97 Å². The van der Waals surface area contributed by atoms with Crippen LogP contribution in [0, 0.1) is 11.8 Å². The van der Waals surface area contributed by atoms with Crippen LogP contribution in [-0.2, 0) is 25.2 Å². The fourth-order valence-corrected chi connectivity index (χ4v) is 8.37. The zero-order valence-corrected chi connectivity index (χ0v) is 24.5. The van der Waals surface area contributed by atoms with Crippen LogP contribution in [0.25, 0.3) is 11.1 Å². The van der Waals surface area contributed by atoms with Crippen molar-refractivity contribution in [3.63, 3.8) is 0 Å². The Hall–Kier alpha value is -5.88. The van der Waals surface area contributed by atoms with Crippen LogP contribution >= 0.6 is 0 Å². The number of fused-ring (bicyclic) bond motifs is 5. The molecule has 1 saturated carbocycles. The van der Waals surface area contributed by atoms with Gasteiger partial charge in [0.15, 0.2) is 5.78 Å². The molecule has 0 spiro atoms. The van der Waals surface area contributed by atoms with Gasteiger partial charge in [0, 0.05) is 0 Å². The zero-order valence-electron chi connectivity index (χ0n) is 24.5. The van der Waals surface area contributed by atoms with E-state index in [0.717, 1.165) is 16.0 Å². The number of carboxylic acids is 1. The van der Waals surface area contributed by atoms with Crippen molar-refractivity contribution < 1.29 is 24.3 Å². The number of benzene rings is 5. The van der Waals surface area contributed by atoms with Crippen molar-refractivity contribution in [1.29, 1.82) is 0 Å². The normalized spacial score (nSPS) is 24.9. The first kappa shape index (κ1) is 27.7. The third kappa shape index (κ3) is 3.41. The largest absolute Gasteiger partial charge is 0.478 e. The molecule has 4 atom stereocenters. The molecule has 6 heteroatoms. The van der Waals surface area contributed by atoms with Crippen molar-refractivity contribution in [2.75, 3.05) is 4.90 Å². The summed E-state index contributed by atoms with van der Waals surface area (Å²) >= 11 is 0. The molecule has 5 aromatic carbocycles. The van der Waals surface area contributed by atoms with Gasteiger partial charge in [-0.25, -0.2) is 9.69 Å². The summed E-state index contributed by atoms with van der Waals surface area (Å²) in [7, 11) is 0. The predicted molar refractivity (Wildman–Crippen MR) is 174 cm³/mol. The molecule has 3 aliphatic rings. The maximum absolute atomic E-state index is 15.8. The summed E-state index contributed by atoms with van der Waals surface area (Å²) < 4.78 is 0. The molecule has 0 aromatic heterocycles. The first-order valence-electron chi connectivity index (χ1n) is 15.2. The number of carbonyl (C=O) groups is 4. The van der Waals surface area contributed by atoms with Crippen molar-refractivity contribution >= 4 is 40.4 Å². The molecule has 46 heavy (non-hydrogen) atoms. The molecule has 0 unspecified atom stereocenters. The third-order valence-corrected chi connectivity index (χ3v) is 9.93. The second-order valence-electron chi connectivity index (χ2n) is 12.0. The Labute approximate surface area is 265 Å². The Balaban J connectivity index is 1.53. The Bertz CT molecular complexity index is 1970. The molecule has 1 N–H and O–H groups in total. The lowest BCUT2D eigenvalue weighted by Gasteiger charge is -2.39. The fourth-order valence-electron chi connectivity index (χ4n) is 8.37. The average molecular weight is 602 g/mol. The summed E-state index contributed by atoms with van der Waals surface area (Å²) in [5, 5.41) is 9.74. The van der Waals surface area contributed by atoms with Crippen LogP contribution in [-0.4, -0.2) is 28.7 Å². The van der Waals surface area contributed by atoms with Crippen LogP contribution in [0.1, 0.15) is 32.6 Å². The number of hydrogen-bond acceptors (Lipinski definition) is 4. The molecule has 2 fully saturated rings. The smallest absolute Gasteiger partial charge is 0.335 e. The highest BCUT2D eigenvalue weighted by Crippen LogP contribution is 2.74. The van der Waals surface area contributed by atoms with E-state index in [0.29, 0.717) is 22.3 Å². The minimum Gasteiger partial charge on any atom is -0.478 e. The highest BCUT2D eigenvalue weighted by molar-refractivity contribution is 6.39.